The Labute approximate surface area is 329 Å². The summed E-state index contributed by atoms with van der Waals surface area (Å²) in [6.07, 6.45) is 0. The summed E-state index contributed by atoms with van der Waals surface area (Å²) in [4.78, 5) is 0. The first-order valence-corrected chi connectivity index (χ1v) is 19.1. The van der Waals surface area contributed by atoms with E-state index in [0.717, 1.165) is 33.9 Å². The second-order valence-corrected chi connectivity index (χ2v) is 14.0. The van der Waals surface area contributed by atoms with Crippen molar-refractivity contribution in [1.82, 2.24) is 0 Å². The lowest BCUT2D eigenvalue weighted by molar-refractivity contribution is 1.51. The predicted molar refractivity (Wildman–Crippen MR) is 239 cm³/mol. The maximum atomic E-state index is 3.70. The molecule has 2 N–H and O–H groups in total. The average Bonchev–Trinajstić information content (AvgIpc) is 3.28. The monoisotopic (exact) mass is 716 g/mol. The van der Waals surface area contributed by atoms with Crippen molar-refractivity contribution >= 4 is 22.7 Å². The van der Waals surface area contributed by atoms with Gasteiger partial charge in [0.25, 0.3) is 0 Å². The Bertz CT molecular complexity index is 2480. The molecule has 0 aromatic heterocycles. The molecule has 0 bridgehead atoms. The van der Waals surface area contributed by atoms with Crippen molar-refractivity contribution in [1.29, 1.82) is 0 Å². The molecule has 0 aliphatic heterocycles. The quantitative estimate of drug-likeness (QED) is 0.147. The van der Waals surface area contributed by atoms with Gasteiger partial charge in [-0.2, -0.15) is 0 Å². The van der Waals surface area contributed by atoms with E-state index < -0.39 is 0 Å². The molecule has 0 fully saturated rings. The Balaban J connectivity index is 0.986. The molecule has 2 heteroatoms. The predicted octanol–water partition coefficient (Wildman–Crippen LogP) is 15.2. The summed E-state index contributed by atoms with van der Waals surface area (Å²) < 4.78 is 0. The van der Waals surface area contributed by atoms with E-state index in [1.54, 1.807) is 0 Å². The molecule has 0 saturated carbocycles. The summed E-state index contributed by atoms with van der Waals surface area (Å²) in [5.74, 6) is 0. The fraction of sp³-hybridized carbons (Fsp3) is 0. The largest absolute Gasteiger partial charge is 0.355 e. The number of anilines is 4. The van der Waals surface area contributed by atoms with E-state index in [9.17, 15) is 0 Å². The molecule has 9 aromatic rings. The normalized spacial score (nSPS) is 10.9. The van der Waals surface area contributed by atoms with Crippen LogP contribution in [0.15, 0.2) is 231 Å². The highest BCUT2D eigenvalue weighted by molar-refractivity contribution is 5.88. The molecule has 0 heterocycles. The number of hydrogen-bond acceptors (Lipinski definition) is 2. The molecule has 0 saturated heterocycles. The highest BCUT2D eigenvalue weighted by Crippen LogP contribution is 2.38. The molecule has 0 aliphatic carbocycles. The lowest BCUT2D eigenvalue weighted by Crippen LogP contribution is -1.95. The molecule has 0 unspecified atom stereocenters. The summed E-state index contributed by atoms with van der Waals surface area (Å²) in [6, 6.07) is 81.9. The Morgan fingerprint density at radius 1 is 0.196 bits per heavy atom. The Hall–Kier alpha value is -7.42. The van der Waals surface area contributed by atoms with Crippen LogP contribution in [-0.4, -0.2) is 0 Å². The van der Waals surface area contributed by atoms with E-state index in [2.05, 4.69) is 241 Å². The topological polar surface area (TPSA) is 24.1 Å². The smallest absolute Gasteiger partial charge is 0.0464 e. The fourth-order valence-corrected chi connectivity index (χ4v) is 7.30. The van der Waals surface area contributed by atoms with Crippen molar-refractivity contribution in [3.8, 4) is 66.8 Å². The van der Waals surface area contributed by atoms with Gasteiger partial charge in [-0.3, -0.25) is 0 Å². The summed E-state index contributed by atoms with van der Waals surface area (Å²) in [7, 11) is 0. The maximum absolute atomic E-state index is 3.70. The van der Waals surface area contributed by atoms with Crippen LogP contribution >= 0.6 is 0 Å². The van der Waals surface area contributed by atoms with Gasteiger partial charge in [0.2, 0.25) is 0 Å². The molecule has 0 spiro atoms. The van der Waals surface area contributed by atoms with Crippen LogP contribution in [0.25, 0.3) is 66.8 Å². The Morgan fingerprint density at radius 2 is 0.446 bits per heavy atom. The summed E-state index contributed by atoms with van der Waals surface area (Å²) in [5, 5.41) is 7.40. The van der Waals surface area contributed by atoms with Gasteiger partial charge in [-0.05, 0) is 104 Å². The second kappa shape index (κ2) is 15.9. The first-order valence-electron chi connectivity index (χ1n) is 19.1. The first-order chi connectivity index (χ1) is 27.7. The molecule has 266 valence electrons. The maximum Gasteiger partial charge on any atom is 0.0464 e. The van der Waals surface area contributed by atoms with E-state index in [0.29, 0.717) is 0 Å². The molecule has 0 amide bonds. The van der Waals surface area contributed by atoms with E-state index >= 15 is 0 Å². The number of nitrogens with one attached hydrogen (secondary N) is 2. The van der Waals surface area contributed by atoms with Crippen LogP contribution in [0.1, 0.15) is 0 Å². The lowest BCUT2D eigenvalue weighted by Gasteiger charge is -2.16. The number of hydrogen-bond donors (Lipinski definition) is 2. The van der Waals surface area contributed by atoms with E-state index in [-0.39, 0.29) is 0 Å². The van der Waals surface area contributed by atoms with Gasteiger partial charge in [0.1, 0.15) is 0 Å². The van der Waals surface area contributed by atoms with Gasteiger partial charge in [-0.25, -0.2) is 0 Å². The van der Waals surface area contributed by atoms with Crippen molar-refractivity contribution in [3.63, 3.8) is 0 Å². The second-order valence-electron chi connectivity index (χ2n) is 14.0. The van der Waals surface area contributed by atoms with Crippen molar-refractivity contribution < 1.29 is 0 Å². The van der Waals surface area contributed by atoms with Crippen LogP contribution in [0.2, 0.25) is 0 Å². The first kappa shape index (κ1) is 34.4. The van der Waals surface area contributed by atoms with Crippen LogP contribution in [0, 0.1) is 0 Å². The molecule has 0 atom stereocenters. The fourth-order valence-electron chi connectivity index (χ4n) is 7.30. The highest BCUT2D eigenvalue weighted by Gasteiger charge is 2.12. The standard InChI is InChI=1S/C54H40N2/c1-5-13-39(14-6-1)41-25-31-49(32-26-41)55-53-35-29-47(37-51(53)45-17-9-3-10-18-45)43-21-23-44(24-22-43)48-30-36-54(52(38-48)46-19-11-4-12-20-46)56-50-33-27-42(28-34-50)40-15-7-2-8-16-40/h1-38,55-56H. The molecule has 0 radical (unpaired) electrons. The SMILES string of the molecule is c1ccc(-c2ccc(Nc3ccc(-c4ccc(-c5ccc(Nc6ccc(-c7ccccc7)cc6)c(-c6ccccc6)c5)cc4)cc3-c3ccccc3)cc2)cc1. The zero-order valence-electron chi connectivity index (χ0n) is 30.9. The molecule has 9 aromatic carbocycles. The van der Waals surface area contributed by atoms with Crippen LogP contribution in [0.4, 0.5) is 22.7 Å². The number of rotatable bonds is 10. The summed E-state index contributed by atoms with van der Waals surface area (Å²) in [5.41, 5.74) is 18.4. The van der Waals surface area contributed by atoms with Crippen molar-refractivity contribution in [3.05, 3.63) is 231 Å². The minimum Gasteiger partial charge on any atom is -0.355 e. The van der Waals surface area contributed by atoms with E-state index in [1.807, 2.05) is 0 Å². The Kier molecular flexibility index (Phi) is 9.75. The molecule has 2 nitrogen and oxygen atoms in total. The zero-order chi connectivity index (χ0) is 37.5. The van der Waals surface area contributed by atoms with Crippen LogP contribution < -0.4 is 10.6 Å². The average molecular weight is 717 g/mol. The van der Waals surface area contributed by atoms with Gasteiger partial charge in [-0.15, -0.1) is 0 Å². The van der Waals surface area contributed by atoms with Gasteiger partial charge in [0.15, 0.2) is 0 Å². The molecular weight excluding hydrogens is 677 g/mol. The minimum absolute atomic E-state index is 1.05. The van der Waals surface area contributed by atoms with Crippen LogP contribution in [0.3, 0.4) is 0 Å². The van der Waals surface area contributed by atoms with Gasteiger partial charge in [0.05, 0.1) is 0 Å². The van der Waals surface area contributed by atoms with E-state index in [1.165, 1.54) is 55.6 Å². The third-order valence-corrected chi connectivity index (χ3v) is 10.3. The lowest BCUT2D eigenvalue weighted by atomic mass is 9.94. The number of benzene rings is 9. The van der Waals surface area contributed by atoms with Crippen LogP contribution in [-0.2, 0) is 0 Å². The van der Waals surface area contributed by atoms with Gasteiger partial charge < -0.3 is 10.6 Å². The van der Waals surface area contributed by atoms with Gasteiger partial charge in [0, 0.05) is 33.9 Å². The third kappa shape index (κ3) is 7.64. The Morgan fingerprint density at radius 3 is 0.786 bits per heavy atom. The molecule has 0 aliphatic rings. The molecule has 9 rings (SSSR count). The van der Waals surface area contributed by atoms with Crippen molar-refractivity contribution in [2.24, 2.45) is 0 Å². The zero-order valence-corrected chi connectivity index (χ0v) is 30.9. The molecular formula is C54H40N2. The third-order valence-electron chi connectivity index (χ3n) is 10.3. The van der Waals surface area contributed by atoms with Crippen molar-refractivity contribution in [2.75, 3.05) is 10.6 Å². The molecule has 56 heavy (non-hydrogen) atoms. The summed E-state index contributed by atoms with van der Waals surface area (Å²) in [6.45, 7) is 0. The van der Waals surface area contributed by atoms with Gasteiger partial charge in [-0.1, -0.05) is 182 Å². The summed E-state index contributed by atoms with van der Waals surface area (Å²) >= 11 is 0. The van der Waals surface area contributed by atoms with E-state index in [4.69, 9.17) is 0 Å². The van der Waals surface area contributed by atoms with Crippen LogP contribution in [0.5, 0.6) is 0 Å². The van der Waals surface area contributed by atoms with Crippen molar-refractivity contribution in [2.45, 2.75) is 0 Å². The minimum atomic E-state index is 1.05. The van der Waals surface area contributed by atoms with Gasteiger partial charge >= 0.3 is 0 Å². The highest BCUT2D eigenvalue weighted by atomic mass is 14.9.